The summed E-state index contributed by atoms with van der Waals surface area (Å²) in [5.74, 6) is 2.08. The van der Waals surface area contributed by atoms with Gasteiger partial charge < -0.3 is 17.1 Å². The van der Waals surface area contributed by atoms with E-state index in [1.165, 1.54) is 50.3 Å². The quantitative estimate of drug-likeness (QED) is 0.0268. The van der Waals surface area contributed by atoms with Crippen molar-refractivity contribution >= 4 is 0 Å². The van der Waals surface area contributed by atoms with Gasteiger partial charge in [-0.2, -0.15) is 0 Å². The number of aromatic nitrogens is 2. The van der Waals surface area contributed by atoms with E-state index >= 15 is 0 Å². The molecule has 1 aromatic heterocycles. The first kappa shape index (κ1) is 48.4. The Morgan fingerprint density at radius 3 is 1.32 bits per heavy atom. The number of benzene rings is 6. The summed E-state index contributed by atoms with van der Waals surface area (Å²) in [4.78, 5) is 2.86. The first-order valence-electron chi connectivity index (χ1n) is 22.8. The third-order valence-electron chi connectivity index (χ3n) is 12.8. The minimum atomic E-state index is -0.562. The lowest BCUT2D eigenvalue weighted by Gasteiger charge is -2.38. The fourth-order valence-corrected chi connectivity index (χ4v) is 8.75. The predicted octanol–water partition coefficient (Wildman–Crippen LogP) is 11.4. The minimum absolute atomic E-state index is 0. The van der Waals surface area contributed by atoms with Crippen LogP contribution < -0.4 is 21.7 Å². The van der Waals surface area contributed by atoms with Crippen molar-refractivity contribution in [2.45, 2.75) is 117 Å². The summed E-state index contributed by atoms with van der Waals surface area (Å²) in [5.41, 5.74) is 21.6. The third kappa shape index (κ3) is 11.1. The van der Waals surface area contributed by atoms with Crippen molar-refractivity contribution in [3.05, 3.63) is 224 Å². The lowest BCUT2D eigenvalue weighted by atomic mass is 9.64. The highest BCUT2D eigenvalue weighted by Gasteiger charge is 2.39. The molecule has 336 valence electrons. The molecule has 7 rings (SSSR count). The molecule has 7 heteroatoms. The Morgan fingerprint density at radius 1 is 0.538 bits per heavy atom. The van der Waals surface area contributed by atoms with Gasteiger partial charge in [-0.25, -0.2) is 9.13 Å². The lowest BCUT2D eigenvalue weighted by molar-refractivity contribution is -0.694. The lowest BCUT2D eigenvalue weighted by Crippen LogP contribution is -3.00. The SMILES string of the molecule is Cc1n(CCCOc2ccc(C(c3ccc(C(C)(C)C)cc3)(c3ccc(C(C)(C)C)cc3)c3ccc(C(C)(C)C)cc3)cc2)cc[n+]1Cc1ccc(-c2ccc(CN=[N+]=[N-])cc2)cc1.[Cl-]. The number of hydrogen-bond acceptors (Lipinski definition) is 2. The van der Waals surface area contributed by atoms with Gasteiger partial charge in [0.05, 0.1) is 25.1 Å². The zero-order chi connectivity index (χ0) is 45.7. The zero-order valence-corrected chi connectivity index (χ0v) is 40.8. The Morgan fingerprint density at radius 2 is 0.923 bits per heavy atom. The second kappa shape index (κ2) is 20.0. The van der Waals surface area contributed by atoms with Crippen LogP contribution in [0.5, 0.6) is 5.75 Å². The van der Waals surface area contributed by atoms with Crippen molar-refractivity contribution < 1.29 is 21.7 Å². The van der Waals surface area contributed by atoms with Crippen LogP contribution in [0.4, 0.5) is 0 Å². The van der Waals surface area contributed by atoms with Crippen molar-refractivity contribution in [2.24, 2.45) is 5.11 Å². The van der Waals surface area contributed by atoms with Crippen LogP contribution in [0.15, 0.2) is 163 Å². The van der Waals surface area contributed by atoms with Gasteiger partial charge in [0.1, 0.15) is 24.7 Å². The molecule has 65 heavy (non-hydrogen) atoms. The molecule has 6 aromatic carbocycles. The standard InChI is InChI=1S/C58H66N5O.ClH/c1-42-62(37-38-63(42)41-44-14-18-46(19-15-44)45-16-12-43(13-17-45)40-60-61-59)36-11-39-64-54-34-32-53(33-35-54)58(50-26-20-47(21-27-50)55(2,3)4,51-28-22-48(23-29-51)56(5,6)7)52-30-24-49(25-31-52)57(8,9)10;/h12-35,37-38H,11,36,39-41H2,1-10H3;1H/q+1;/p-1. The average molecular weight is 885 g/mol. The van der Waals surface area contributed by atoms with Gasteiger partial charge in [-0.05, 0) is 95.1 Å². The summed E-state index contributed by atoms with van der Waals surface area (Å²) in [6, 6.07) is 53.8. The van der Waals surface area contributed by atoms with E-state index in [2.05, 4.69) is 234 Å². The first-order chi connectivity index (χ1) is 30.5. The van der Waals surface area contributed by atoms with Crippen molar-refractivity contribution in [2.75, 3.05) is 6.61 Å². The number of rotatable bonds is 14. The molecule has 0 aliphatic heterocycles. The number of halogens is 1. The van der Waals surface area contributed by atoms with E-state index < -0.39 is 5.41 Å². The molecule has 0 aliphatic rings. The summed E-state index contributed by atoms with van der Waals surface area (Å²) in [7, 11) is 0. The molecular weight excluding hydrogens is 818 g/mol. The summed E-state index contributed by atoms with van der Waals surface area (Å²) in [5, 5.41) is 3.66. The van der Waals surface area contributed by atoms with Crippen LogP contribution >= 0.6 is 0 Å². The maximum Gasteiger partial charge on any atom is 0.253 e. The number of aryl methyl sites for hydroxylation is 1. The molecule has 0 aliphatic carbocycles. The fraction of sp³-hybridized carbons (Fsp3) is 0.328. The molecule has 0 bridgehead atoms. The summed E-state index contributed by atoms with van der Waals surface area (Å²) >= 11 is 0. The Kier molecular flexibility index (Phi) is 14.9. The number of ether oxygens (including phenoxy) is 1. The topological polar surface area (TPSA) is 66.8 Å². The molecule has 0 unspecified atom stereocenters. The zero-order valence-electron chi connectivity index (χ0n) is 40.1. The van der Waals surface area contributed by atoms with Gasteiger partial charge in [0.25, 0.3) is 5.82 Å². The number of azide groups is 1. The molecule has 0 saturated carbocycles. The Hall–Kier alpha value is -6.07. The van der Waals surface area contributed by atoms with Gasteiger partial charge in [0.2, 0.25) is 0 Å². The molecule has 1 heterocycles. The summed E-state index contributed by atoms with van der Waals surface area (Å²) < 4.78 is 11.1. The molecule has 0 N–H and O–H groups in total. The third-order valence-corrected chi connectivity index (χ3v) is 12.8. The normalized spacial score (nSPS) is 12.0. The van der Waals surface area contributed by atoms with Gasteiger partial charge in [-0.3, -0.25) is 0 Å². The van der Waals surface area contributed by atoms with Crippen LogP contribution in [-0.4, -0.2) is 11.2 Å². The van der Waals surface area contributed by atoms with Gasteiger partial charge in [0, 0.05) is 18.3 Å². The molecule has 0 radical (unpaired) electrons. The van der Waals surface area contributed by atoms with Gasteiger partial charge >= 0.3 is 0 Å². The van der Waals surface area contributed by atoms with E-state index in [4.69, 9.17) is 10.3 Å². The van der Waals surface area contributed by atoms with E-state index in [0.29, 0.717) is 13.2 Å². The van der Waals surface area contributed by atoms with Crippen LogP contribution in [0.3, 0.4) is 0 Å². The van der Waals surface area contributed by atoms with Crippen LogP contribution in [0.1, 0.15) is 125 Å². The van der Waals surface area contributed by atoms with Crippen LogP contribution in [0.2, 0.25) is 0 Å². The maximum absolute atomic E-state index is 8.61. The van der Waals surface area contributed by atoms with Gasteiger partial charge in [-0.15, -0.1) is 0 Å². The molecule has 0 amide bonds. The molecule has 0 atom stereocenters. The van der Waals surface area contributed by atoms with Crippen molar-refractivity contribution in [1.82, 2.24) is 4.57 Å². The molecule has 6 nitrogen and oxygen atoms in total. The fourth-order valence-electron chi connectivity index (χ4n) is 8.75. The molecule has 7 aromatic rings. The Bertz CT molecular complexity index is 2530. The maximum atomic E-state index is 8.61. The van der Waals surface area contributed by atoms with E-state index in [-0.39, 0.29) is 28.7 Å². The first-order valence-corrected chi connectivity index (χ1v) is 22.8. The van der Waals surface area contributed by atoms with E-state index in [1.807, 2.05) is 12.1 Å². The highest BCUT2D eigenvalue weighted by atomic mass is 35.5. The molecular formula is C58H66ClN5O. The van der Waals surface area contributed by atoms with Crippen LogP contribution in [0.25, 0.3) is 21.6 Å². The molecule has 0 fully saturated rings. The second-order valence-electron chi connectivity index (χ2n) is 20.4. The van der Waals surface area contributed by atoms with Crippen molar-refractivity contribution in [1.29, 1.82) is 0 Å². The number of hydrogen-bond donors (Lipinski definition) is 0. The summed E-state index contributed by atoms with van der Waals surface area (Å²) in [6.07, 6.45) is 5.23. The largest absolute Gasteiger partial charge is 1.00 e. The second-order valence-corrected chi connectivity index (χ2v) is 20.4. The van der Waals surface area contributed by atoms with Crippen LogP contribution in [-0.2, 0) is 41.3 Å². The monoisotopic (exact) mass is 883 g/mol. The number of imidazole rings is 1. The van der Waals surface area contributed by atoms with Crippen molar-refractivity contribution in [3.8, 4) is 16.9 Å². The Balaban J connectivity index is 0.00000700. The smallest absolute Gasteiger partial charge is 0.253 e. The van der Waals surface area contributed by atoms with E-state index in [9.17, 15) is 0 Å². The minimum Gasteiger partial charge on any atom is -1.00 e. The van der Waals surface area contributed by atoms with Crippen molar-refractivity contribution in [3.63, 3.8) is 0 Å². The Labute approximate surface area is 394 Å². The van der Waals surface area contributed by atoms with Gasteiger partial charge in [-0.1, -0.05) is 201 Å². The molecule has 0 saturated heterocycles. The predicted molar refractivity (Wildman–Crippen MR) is 264 cm³/mol. The average Bonchev–Trinajstić information content (AvgIpc) is 3.62. The summed E-state index contributed by atoms with van der Waals surface area (Å²) in [6.45, 7) is 25.4. The molecule has 0 spiro atoms. The van der Waals surface area contributed by atoms with Crippen LogP contribution in [0, 0.1) is 6.92 Å². The van der Waals surface area contributed by atoms with Gasteiger partial charge in [0.15, 0.2) is 0 Å². The highest BCUT2D eigenvalue weighted by Crippen LogP contribution is 2.47. The number of nitrogens with zero attached hydrogens (tertiary/aromatic N) is 5. The highest BCUT2D eigenvalue weighted by molar-refractivity contribution is 5.64. The van der Waals surface area contributed by atoms with E-state index in [1.54, 1.807) is 0 Å². The van der Waals surface area contributed by atoms with E-state index in [0.717, 1.165) is 42.0 Å².